The number of aromatic amines is 1. The average molecular weight is 410 g/mol. The zero-order valence-electron chi connectivity index (χ0n) is 17.0. The molecule has 0 aliphatic carbocycles. The highest BCUT2D eigenvalue weighted by atomic mass is 16.5. The van der Waals surface area contributed by atoms with Crippen LogP contribution >= 0.6 is 0 Å². The Hall–Kier alpha value is -2.49. The Morgan fingerprint density at radius 1 is 1.27 bits per heavy atom. The second-order valence-electron chi connectivity index (χ2n) is 8.78. The average Bonchev–Trinajstić information content (AvgIpc) is 3.47. The van der Waals surface area contributed by atoms with Gasteiger partial charge in [-0.1, -0.05) is 0 Å². The van der Waals surface area contributed by atoms with E-state index in [-0.39, 0.29) is 18.2 Å². The molecule has 0 spiro atoms. The van der Waals surface area contributed by atoms with Crippen molar-refractivity contribution < 1.29 is 14.6 Å². The van der Waals surface area contributed by atoms with Gasteiger partial charge in [0.25, 0.3) is 0 Å². The van der Waals surface area contributed by atoms with Crippen LogP contribution in [0.3, 0.4) is 0 Å². The van der Waals surface area contributed by atoms with Gasteiger partial charge in [-0.3, -0.25) is 5.10 Å². The number of nitrogens with zero attached hydrogens (tertiary/aromatic N) is 5. The minimum Gasteiger partial charge on any atom is -0.385 e. The molecule has 0 radical (unpaired) electrons. The number of nitrogens with one attached hydrogen (secondary N) is 1. The van der Waals surface area contributed by atoms with Gasteiger partial charge in [-0.05, 0) is 31.4 Å². The Bertz CT molecular complexity index is 1050. The van der Waals surface area contributed by atoms with Gasteiger partial charge in [-0.2, -0.15) is 14.9 Å². The fraction of sp³-hybridized carbons (Fsp3) is 0.571. The van der Waals surface area contributed by atoms with Gasteiger partial charge in [0.05, 0.1) is 49.5 Å². The summed E-state index contributed by atoms with van der Waals surface area (Å²) in [5, 5.41) is 24.3. The lowest BCUT2D eigenvalue weighted by Crippen LogP contribution is -2.44. The summed E-state index contributed by atoms with van der Waals surface area (Å²) in [5.74, 6) is 1.59. The summed E-state index contributed by atoms with van der Waals surface area (Å²) >= 11 is 0. The molecule has 9 nitrogen and oxygen atoms in total. The van der Waals surface area contributed by atoms with Crippen LogP contribution < -0.4 is 4.90 Å². The molecule has 2 bridgehead atoms. The molecule has 6 heterocycles. The third-order valence-corrected chi connectivity index (χ3v) is 6.73. The molecule has 3 saturated heterocycles. The van der Waals surface area contributed by atoms with Crippen molar-refractivity contribution in [2.24, 2.45) is 0 Å². The molecular weight excluding hydrogens is 384 g/mol. The number of anilines is 1. The zero-order valence-corrected chi connectivity index (χ0v) is 17.0. The second-order valence-corrected chi connectivity index (χ2v) is 8.78. The molecule has 3 atom stereocenters. The second kappa shape index (κ2) is 6.76. The van der Waals surface area contributed by atoms with Crippen LogP contribution in [0.1, 0.15) is 38.2 Å². The predicted octanol–water partition coefficient (Wildman–Crippen LogP) is 1.90. The SMILES string of the molecule is C[C@@H]1COCCN1c1cc(C2(O)CC3CCC(C2)O3)c2cnn(-c3ccn[nH]3)c2n1. The maximum Gasteiger partial charge on any atom is 0.167 e. The van der Waals surface area contributed by atoms with Crippen molar-refractivity contribution in [2.45, 2.75) is 56.5 Å². The number of morpholine rings is 1. The Morgan fingerprint density at radius 3 is 2.83 bits per heavy atom. The van der Waals surface area contributed by atoms with Crippen molar-refractivity contribution in [2.75, 3.05) is 24.7 Å². The highest BCUT2D eigenvalue weighted by molar-refractivity contribution is 5.83. The Morgan fingerprint density at radius 2 is 2.10 bits per heavy atom. The predicted molar refractivity (Wildman–Crippen MR) is 110 cm³/mol. The minimum atomic E-state index is -0.947. The van der Waals surface area contributed by atoms with Crippen LogP contribution in [0.2, 0.25) is 0 Å². The van der Waals surface area contributed by atoms with E-state index >= 15 is 0 Å². The number of fused-ring (bicyclic) bond motifs is 3. The molecule has 6 rings (SSSR count). The first-order valence-electron chi connectivity index (χ1n) is 10.7. The molecule has 3 aliphatic rings. The molecule has 30 heavy (non-hydrogen) atoms. The molecule has 3 aliphatic heterocycles. The van der Waals surface area contributed by atoms with Crippen molar-refractivity contribution in [3.05, 3.63) is 30.1 Å². The molecule has 3 aromatic heterocycles. The van der Waals surface area contributed by atoms with E-state index in [2.05, 4.69) is 33.2 Å². The third-order valence-electron chi connectivity index (χ3n) is 6.73. The van der Waals surface area contributed by atoms with Gasteiger partial charge in [0.1, 0.15) is 5.82 Å². The lowest BCUT2D eigenvalue weighted by Gasteiger charge is -2.39. The summed E-state index contributed by atoms with van der Waals surface area (Å²) in [5.41, 5.74) is 0.669. The number of aliphatic hydroxyl groups is 1. The van der Waals surface area contributed by atoms with Crippen molar-refractivity contribution in [1.29, 1.82) is 0 Å². The molecule has 0 saturated carbocycles. The molecule has 2 N–H and O–H groups in total. The van der Waals surface area contributed by atoms with E-state index in [0.29, 0.717) is 26.1 Å². The largest absolute Gasteiger partial charge is 0.385 e. The van der Waals surface area contributed by atoms with E-state index in [1.54, 1.807) is 17.1 Å². The molecule has 3 aromatic rings. The fourth-order valence-electron chi connectivity index (χ4n) is 5.27. The van der Waals surface area contributed by atoms with E-state index in [9.17, 15) is 5.11 Å². The molecule has 0 aromatic carbocycles. The first-order valence-corrected chi connectivity index (χ1v) is 10.7. The van der Waals surface area contributed by atoms with Crippen molar-refractivity contribution >= 4 is 16.9 Å². The summed E-state index contributed by atoms with van der Waals surface area (Å²) in [6.45, 7) is 4.24. The van der Waals surface area contributed by atoms with Crippen molar-refractivity contribution in [1.82, 2.24) is 25.0 Å². The van der Waals surface area contributed by atoms with Gasteiger partial charge in [0, 0.05) is 30.8 Å². The van der Waals surface area contributed by atoms with E-state index in [1.165, 1.54) is 0 Å². The van der Waals surface area contributed by atoms with E-state index < -0.39 is 5.60 Å². The smallest absolute Gasteiger partial charge is 0.167 e. The summed E-state index contributed by atoms with van der Waals surface area (Å²) in [7, 11) is 0. The quantitative estimate of drug-likeness (QED) is 0.680. The number of H-pyrrole nitrogens is 1. The molecule has 9 heteroatoms. The standard InChI is InChI=1S/C21H26N6O3/c1-13-12-29-7-6-26(13)19-8-17(21(28)9-14-2-3-15(10-21)30-14)16-11-23-27(20(16)24-19)18-4-5-22-25-18/h4-5,8,11,13-15,28H,2-3,6-7,9-10,12H2,1H3,(H,22,25)/t13-,14?,15?,21?/m1/s1. The number of hydrogen-bond acceptors (Lipinski definition) is 7. The summed E-state index contributed by atoms with van der Waals surface area (Å²) in [4.78, 5) is 7.24. The maximum atomic E-state index is 11.8. The van der Waals surface area contributed by atoms with Gasteiger partial charge >= 0.3 is 0 Å². The van der Waals surface area contributed by atoms with Crippen LogP contribution in [0.5, 0.6) is 0 Å². The van der Waals surface area contributed by atoms with Crippen LogP contribution in [-0.2, 0) is 15.1 Å². The normalized spacial score (nSPS) is 31.5. The summed E-state index contributed by atoms with van der Waals surface area (Å²) in [6.07, 6.45) is 6.98. The van der Waals surface area contributed by atoms with Gasteiger partial charge < -0.3 is 19.5 Å². The van der Waals surface area contributed by atoms with Crippen molar-refractivity contribution in [3.63, 3.8) is 0 Å². The van der Waals surface area contributed by atoms with E-state index in [1.807, 2.05) is 6.07 Å². The molecular formula is C21H26N6O3. The number of pyridine rings is 1. The maximum absolute atomic E-state index is 11.8. The Balaban J connectivity index is 1.54. The third kappa shape index (κ3) is 2.84. The first kappa shape index (κ1) is 18.3. The monoisotopic (exact) mass is 410 g/mol. The number of aromatic nitrogens is 5. The van der Waals surface area contributed by atoms with Crippen molar-refractivity contribution in [3.8, 4) is 5.82 Å². The van der Waals surface area contributed by atoms with Gasteiger partial charge in [-0.15, -0.1) is 0 Å². The Labute approximate surface area is 174 Å². The molecule has 2 unspecified atom stereocenters. The molecule has 158 valence electrons. The molecule has 3 fully saturated rings. The van der Waals surface area contributed by atoms with Crippen LogP contribution in [0.4, 0.5) is 5.82 Å². The highest BCUT2D eigenvalue weighted by Gasteiger charge is 2.46. The minimum absolute atomic E-state index is 0.116. The van der Waals surface area contributed by atoms with Gasteiger partial charge in [-0.25, -0.2) is 4.98 Å². The van der Waals surface area contributed by atoms with Gasteiger partial charge in [0.2, 0.25) is 0 Å². The summed E-state index contributed by atoms with van der Waals surface area (Å²) in [6, 6.07) is 4.13. The summed E-state index contributed by atoms with van der Waals surface area (Å²) < 4.78 is 13.4. The van der Waals surface area contributed by atoms with Crippen LogP contribution in [0.25, 0.3) is 16.9 Å². The van der Waals surface area contributed by atoms with E-state index in [0.717, 1.165) is 47.6 Å². The lowest BCUT2D eigenvalue weighted by atomic mass is 9.82. The van der Waals surface area contributed by atoms with E-state index in [4.69, 9.17) is 14.5 Å². The number of rotatable bonds is 3. The number of hydrogen-bond donors (Lipinski definition) is 2. The zero-order chi connectivity index (χ0) is 20.3. The van der Waals surface area contributed by atoms with Gasteiger partial charge in [0.15, 0.2) is 11.5 Å². The Kier molecular flexibility index (Phi) is 4.12. The number of ether oxygens (including phenoxy) is 2. The lowest BCUT2D eigenvalue weighted by molar-refractivity contribution is -0.114. The van der Waals surface area contributed by atoms with Crippen LogP contribution in [-0.4, -0.2) is 68.1 Å². The van der Waals surface area contributed by atoms with Crippen LogP contribution in [0.15, 0.2) is 24.5 Å². The highest BCUT2D eigenvalue weighted by Crippen LogP contribution is 2.46. The van der Waals surface area contributed by atoms with Crippen LogP contribution in [0, 0.1) is 0 Å². The first-order chi connectivity index (χ1) is 14.6. The fourth-order valence-corrected chi connectivity index (χ4v) is 5.27. The topological polar surface area (TPSA) is 101 Å². The molecule has 0 amide bonds.